The number of unbranched alkanes of at least 4 members (excludes halogenated alkanes) is 6. The summed E-state index contributed by atoms with van der Waals surface area (Å²) in [5, 5.41) is 0. The van der Waals surface area contributed by atoms with Crippen molar-refractivity contribution in [2.75, 3.05) is 32.8 Å². The van der Waals surface area contributed by atoms with E-state index in [1.54, 1.807) is 24.3 Å². The number of benzene rings is 2. The molecule has 2 aromatic rings. The Morgan fingerprint density at radius 3 is 1.50 bits per heavy atom. The van der Waals surface area contributed by atoms with Crippen molar-refractivity contribution in [1.82, 2.24) is 0 Å². The van der Waals surface area contributed by atoms with Crippen LogP contribution in [-0.2, 0) is 9.47 Å². The Bertz CT molecular complexity index is 864. The van der Waals surface area contributed by atoms with Crippen LogP contribution >= 0.6 is 0 Å². The van der Waals surface area contributed by atoms with Gasteiger partial charge in [0.05, 0.1) is 30.8 Å². The number of carbonyl (C=O) groups excluding carboxylic acids is 2. The summed E-state index contributed by atoms with van der Waals surface area (Å²) in [4.78, 5) is 25.8. The van der Waals surface area contributed by atoms with Crippen molar-refractivity contribution < 1.29 is 36.0 Å². The van der Waals surface area contributed by atoms with Crippen molar-refractivity contribution in [2.45, 2.75) is 84.7 Å². The third-order valence-electron chi connectivity index (χ3n) is 6.99. The largest absolute Gasteiger partial charge is 1.00 e. The van der Waals surface area contributed by atoms with Gasteiger partial charge in [-0.1, -0.05) is 76.4 Å². The maximum Gasteiger partial charge on any atom is 0.338 e. The summed E-state index contributed by atoms with van der Waals surface area (Å²) >= 11 is 0. The average molecular weight is 546 g/mol. The van der Waals surface area contributed by atoms with E-state index in [1.165, 1.54) is 38.5 Å². The van der Waals surface area contributed by atoms with Gasteiger partial charge >= 0.3 is 11.9 Å². The van der Waals surface area contributed by atoms with Gasteiger partial charge in [0.1, 0.15) is 13.2 Å². The van der Waals surface area contributed by atoms with Crippen LogP contribution in [-0.4, -0.2) is 55.3 Å². The number of esters is 2. The maximum absolute atomic E-state index is 13.1. The van der Waals surface area contributed by atoms with Crippen LogP contribution in [0.15, 0.2) is 60.7 Å². The average Bonchev–Trinajstić information content (AvgIpc) is 2.93. The summed E-state index contributed by atoms with van der Waals surface area (Å²) < 4.78 is 12.7. The number of hydrogen-bond donors (Lipinski definition) is 0. The third kappa shape index (κ3) is 12.4. The molecule has 0 aliphatic carbocycles. The summed E-state index contributed by atoms with van der Waals surface area (Å²) in [6.07, 6.45) is 10.0. The van der Waals surface area contributed by atoms with Gasteiger partial charge in [0, 0.05) is 0 Å². The minimum atomic E-state index is -0.509. The van der Waals surface area contributed by atoms with Crippen molar-refractivity contribution in [3.63, 3.8) is 0 Å². The van der Waals surface area contributed by atoms with Crippen LogP contribution < -0.4 is 12.4 Å². The highest BCUT2D eigenvalue weighted by Gasteiger charge is 2.33. The van der Waals surface area contributed by atoms with E-state index in [-0.39, 0.29) is 31.0 Å². The van der Waals surface area contributed by atoms with Crippen molar-refractivity contribution in [1.29, 1.82) is 0 Å². The molecule has 0 fully saturated rings. The predicted octanol–water partition coefficient (Wildman–Crippen LogP) is 4.46. The molecular formula is C32H48ClNO4. The molecule has 0 heterocycles. The molecule has 0 aromatic heterocycles. The molecule has 2 aromatic carbocycles. The molecule has 0 bridgehead atoms. The van der Waals surface area contributed by atoms with Crippen LogP contribution in [0.2, 0.25) is 0 Å². The predicted molar refractivity (Wildman–Crippen MR) is 151 cm³/mol. The summed E-state index contributed by atoms with van der Waals surface area (Å²) in [5.41, 5.74) is 1.02. The van der Waals surface area contributed by atoms with E-state index in [0.29, 0.717) is 17.7 Å². The number of halogens is 1. The Morgan fingerprint density at radius 2 is 1.08 bits per heavy atom. The normalized spacial score (nSPS) is 11.9. The Morgan fingerprint density at radius 1 is 0.658 bits per heavy atom. The smallest absolute Gasteiger partial charge is 0.338 e. The number of hydrogen-bond acceptors (Lipinski definition) is 4. The van der Waals surface area contributed by atoms with E-state index in [9.17, 15) is 9.59 Å². The third-order valence-corrected chi connectivity index (χ3v) is 6.99. The van der Waals surface area contributed by atoms with Crippen LogP contribution in [0.4, 0.5) is 0 Å². The number of rotatable bonds is 19. The number of quaternary nitrogens is 1. The van der Waals surface area contributed by atoms with Gasteiger partial charge in [-0.2, -0.15) is 0 Å². The molecule has 6 heteroatoms. The zero-order chi connectivity index (χ0) is 26.8. The van der Waals surface area contributed by atoms with E-state index < -0.39 is 6.10 Å². The van der Waals surface area contributed by atoms with Gasteiger partial charge in [0.2, 0.25) is 0 Å². The first kappa shape index (κ1) is 33.7. The van der Waals surface area contributed by atoms with Gasteiger partial charge < -0.3 is 26.4 Å². The molecule has 5 nitrogen and oxygen atoms in total. The second-order valence-electron chi connectivity index (χ2n) is 10.2. The molecular weight excluding hydrogens is 498 g/mol. The van der Waals surface area contributed by atoms with Gasteiger partial charge in [-0.25, -0.2) is 9.59 Å². The minimum Gasteiger partial charge on any atom is -1.00 e. The molecule has 1 atom stereocenters. The van der Waals surface area contributed by atoms with Gasteiger partial charge in [-0.05, 0) is 62.8 Å². The SMILES string of the molecule is CCCCC[N+](CCCCC)(CCCCC)CC(COC(=O)c1ccccc1)OC(=O)c1ccccc1.[Cl-]. The Balaban J connectivity index is 0.00000722. The molecule has 0 spiro atoms. The molecule has 0 aliphatic rings. The standard InChI is InChI=1S/C32H48NO4.ClH/c1-4-7-16-23-33(24-17-8-5-2,25-18-9-6-3)26-30(37-32(35)29-21-14-11-15-22-29)27-36-31(34)28-19-12-10-13-20-28;/h10-15,19-22,30H,4-9,16-18,23-27H2,1-3H3;1H/q+1;/p-1. The molecule has 0 saturated carbocycles. The van der Waals surface area contributed by atoms with Crippen LogP contribution in [0.3, 0.4) is 0 Å². The van der Waals surface area contributed by atoms with E-state index in [1.807, 2.05) is 36.4 Å². The van der Waals surface area contributed by atoms with E-state index in [2.05, 4.69) is 20.8 Å². The number of carbonyl (C=O) groups is 2. The summed E-state index contributed by atoms with van der Waals surface area (Å²) in [6, 6.07) is 18.1. The molecule has 0 amide bonds. The topological polar surface area (TPSA) is 52.6 Å². The van der Waals surface area contributed by atoms with Crippen molar-refractivity contribution in [3.8, 4) is 0 Å². The Labute approximate surface area is 236 Å². The van der Waals surface area contributed by atoms with Crippen molar-refractivity contribution in [2.24, 2.45) is 0 Å². The number of nitrogens with zero attached hydrogens (tertiary/aromatic N) is 1. The number of ether oxygens (including phenoxy) is 2. The molecule has 1 unspecified atom stereocenters. The fourth-order valence-corrected chi connectivity index (χ4v) is 4.88. The van der Waals surface area contributed by atoms with Crippen molar-refractivity contribution in [3.05, 3.63) is 71.8 Å². The zero-order valence-corrected chi connectivity index (χ0v) is 24.5. The zero-order valence-electron chi connectivity index (χ0n) is 23.7. The lowest BCUT2D eigenvalue weighted by molar-refractivity contribution is -0.931. The van der Waals surface area contributed by atoms with Crippen LogP contribution in [0.25, 0.3) is 0 Å². The van der Waals surface area contributed by atoms with E-state index in [4.69, 9.17) is 9.47 Å². The molecule has 38 heavy (non-hydrogen) atoms. The summed E-state index contributed by atoms with van der Waals surface area (Å²) in [6.45, 7) is 10.6. The molecule has 212 valence electrons. The monoisotopic (exact) mass is 545 g/mol. The van der Waals surface area contributed by atoms with Crippen LogP contribution in [0, 0.1) is 0 Å². The van der Waals surface area contributed by atoms with Gasteiger partial charge in [-0.3, -0.25) is 0 Å². The highest BCUT2D eigenvalue weighted by Crippen LogP contribution is 2.20. The highest BCUT2D eigenvalue weighted by atomic mass is 35.5. The van der Waals surface area contributed by atoms with E-state index in [0.717, 1.165) is 43.4 Å². The second kappa shape index (κ2) is 19.7. The Hall–Kier alpha value is -2.37. The summed E-state index contributed by atoms with van der Waals surface area (Å²) in [5.74, 6) is -0.752. The first-order valence-electron chi connectivity index (χ1n) is 14.4. The minimum absolute atomic E-state index is 0. The van der Waals surface area contributed by atoms with Gasteiger partial charge in [0.25, 0.3) is 0 Å². The molecule has 2 rings (SSSR count). The quantitative estimate of drug-likeness (QED) is 0.149. The fraction of sp³-hybridized carbons (Fsp3) is 0.562. The molecule has 0 N–H and O–H groups in total. The maximum atomic E-state index is 13.1. The second-order valence-corrected chi connectivity index (χ2v) is 10.2. The molecule has 0 radical (unpaired) electrons. The lowest BCUT2D eigenvalue weighted by Gasteiger charge is -2.41. The lowest BCUT2D eigenvalue weighted by atomic mass is 10.1. The van der Waals surface area contributed by atoms with Crippen LogP contribution in [0.5, 0.6) is 0 Å². The lowest BCUT2D eigenvalue weighted by Crippen LogP contribution is -3.00. The first-order valence-corrected chi connectivity index (χ1v) is 14.4. The summed E-state index contributed by atoms with van der Waals surface area (Å²) in [7, 11) is 0. The van der Waals surface area contributed by atoms with Crippen molar-refractivity contribution >= 4 is 11.9 Å². The van der Waals surface area contributed by atoms with Gasteiger partial charge in [-0.15, -0.1) is 0 Å². The first-order chi connectivity index (χ1) is 18.0. The molecule has 0 aliphatic heterocycles. The fourth-order valence-electron chi connectivity index (χ4n) is 4.88. The Kier molecular flexibility index (Phi) is 17.4. The van der Waals surface area contributed by atoms with Crippen LogP contribution in [0.1, 0.15) is 99.3 Å². The van der Waals surface area contributed by atoms with E-state index >= 15 is 0 Å². The highest BCUT2D eigenvalue weighted by molar-refractivity contribution is 5.90. The molecule has 0 saturated heterocycles. The van der Waals surface area contributed by atoms with Gasteiger partial charge in [0.15, 0.2) is 6.10 Å².